The van der Waals surface area contributed by atoms with E-state index in [0.29, 0.717) is 0 Å². The Morgan fingerprint density at radius 3 is 2.83 bits per heavy atom. The van der Waals surface area contributed by atoms with Gasteiger partial charge in [-0.05, 0) is 6.92 Å². The molecule has 0 aliphatic heterocycles. The fourth-order valence-electron chi connectivity index (χ4n) is 0.457. The molecule has 3 nitrogen and oxygen atoms in total. The molecule has 0 aromatic rings. The van der Waals surface area contributed by atoms with Gasteiger partial charge >= 0.3 is 5.97 Å². The normalized spacial score (nSPS) is 10.7. The monoisotopic (exact) mass is 182 g/mol. The quantitative estimate of drug-likeness (QED) is 0.369. The highest BCUT2D eigenvalue weighted by Crippen LogP contribution is 2.06. The molecular formula is C8H7O3P. The molecular weight excluding hydrogens is 175 g/mol. The third kappa shape index (κ3) is 3.76. The Hall–Kier alpha value is -1.31. The highest BCUT2D eigenvalue weighted by Gasteiger charge is 2.16. The molecule has 0 heterocycles. The van der Waals surface area contributed by atoms with Gasteiger partial charge in [0.1, 0.15) is 0 Å². The van der Waals surface area contributed by atoms with Gasteiger partial charge in [-0.1, -0.05) is 11.8 Å². The maximum atomic E-state index is 10.9. The van der Waals surface area contributed by atoms with Crippen molar-refractivity contribution in [3.05, 3.63) is 0 Å². The highest BCUT2D eigenvalue weighted by molar-refractivity contribution is 7.26. The van der Waals surface area contributed by atoms with Crippen molar-refractivity contribution in [2.24, 2.45) is 0 Å². The van der Waals surface area contributed by atoms with Crippen LogP contribution in [0.5, 0.6) is 0 Å². The number of terminal acetylenes is 1. The van der Waals surface area contributed by atoms with Gasteiger partial charge in [0.05, 0.1) is 0 Å². The van der Waals surface area contributed by atoms with E-state index in [1.165, 1.54) is 0 Å². The molecule has 0 bridgehead atoms. The van der Waals surface area contributed by atoms with E-state index in [1.807, 2.05) is 0 Å². The Morgan fingerprint density at radius 2 is 2.42 bits per heavy atom. The van der Waals surface area contributed by atoms with Crippen LogP contribution in [-0.4, -0.2) is 18.2 Å². The Labute approximate surface area is 72.7 Å². The van der Waals surface area contributed by atoms with Crippen LogP contribution in [0.4, 0.5) is 0 Å². The summed E-state index contributed by atoms with van der Waals surface area (Å²) in [5, 5.41) is 0. The molecule has 0 spiro atoms. The third-order valence-corrected chi connectivity index (χ3v) is 1.46. The largest absolute Gasteiger partial charge is 0.451 e. The molecule has 0 aliphatic carbocycles. The van der Waals surface area contributed by atoms with Crippen LogP contribution >= 0.6 is 8.46 Å². The van der Waals surface area contributed by atoms with E-state index in [1.54, 1.807) is 6.92 Å². The molecule has 0 saturated carbocycles. The maximum Gasteiger partial charge on any atom is 0.334 e. The second-order valence-corrected chi connectivity index (χ2v) is 2.44. The zero-order valence-corrected chi connectivity index (χ0v) is 7.43. The summed E-state index contributed by atoms with van der Waals surface area (Å²) in [5.41, 5.74) is -0.914. The number of ether oxygens (including phenoxy) is 1. The summed E-state index contributed by atoms with van der Waals surface area (Å²) >= 11 is 0. The minimum Gasteiger partial charge on any atom is -0.451 e. The number of rotatable bonds is 3. The molecule has 12 heavy (non-hydrogen) atoms. The van der Waals surface area contributed by atoms with Crippen molar-refractivity contribution in [3.8, 4) is 24.2 Å². The van der Waals surface area contributed by atoms with Crippen LogP contribution in [0.25, 0.3) is 0 Å². The lowest BCUT2D eigenvalue weighted by Crippen LogP contribution is -2.16. The molecule has 0 aromatic heterocycles. The van der Waals surface area contributed by atoms with Gasteiger partial charge in [-0.25, -0.2) is 4.79 Å². The van der Waals surface area contributed by atoms with Gasteiger partial charge in [0.2, 0.25) is 0 Å². The van der Waals surface area contributed by atoms with Gasteiger partial charge in [0, 0.05) is 0 Å². The molecule has 0 fully saturated rings. The second kappa shape index (κ2) is 6.40. The van der Waals surface area contributed by atoms with Crippen LogP contribution in [0.15, 0.2) is 0 Å². The predicted octanol–water partition coefficient (Wildman–Crippen LogP) is 0.846. The number of esters is 1. The lowest BCUT2D eigenvalue weighted by atomic mass is 10.4. The van der Waals surface area contributed by atoms with E-state index in [2.05, 4.69) is 22.5 Å². The van der Waals surface area contributed by atoms with Gasteiger partial charge in [-0.15, -0.1) is 12.3 Å². The molecule has 0 rings (SSSR count). The molecule has 1 unspecified atom stereocenters. The SMILES string of the molecule is C#CCOC(=O)C(C#CC)P=O. The van der Waals surface area contributed by atoms with Crippen LogP contribution in [0.3, 0.4) is 0 Å². The van der Waals surface area contributed by atoms with Crippen LogP contribution in [0.1, 0.15) is 6.92 Å². The summed E-state index contributed by atoms with van der Waals surface area (Å²) in [5.74, 6) is 6.36. The van der Waals surface area contributed by atoms with E-state index < -0.39 is 11.6 Å². The molecule has 4 heteroatoms. The van der Waals surface area contributed by atoms with E-state index in [4.69, 9.17) is 6.42 Å². The molecule has 0 aliphatic rings. The van der Waals surface area contributed by atoms with Crippen molar-refractivity contribution in [2.75, 3.05) is 6.61 Å². The van der Waals surface area contributed by atoms with E-state index in [-0.39, 0.29) is 15.1 Å². The van der Waals surface area contributed by atoms with Crippen molar-refractivity contribution < 1.29 is 14.1 Å². The van der Waals surface area contributed by atoms with Gasteiger partial charge in [0.25, 0.3) is 0 Å². The maximum absolute atomic E-state index is 10.9. The number of carbonyl (C=O) groups is 1. The molecule has 0 saturated heterocycles. The predicted molar refractivity (Wildman–Crippen MR) is 44.6 cm³/mol. The third-order valence-electron chi connectivity index (χ3n) is 0.907. The number of hydrogen-bond donors (Lipinski definition) is 0. The molecule has 0 amide bonds. The van der Waals surface area contributed by atoms with E-state index >= 15 is 0 Å². The second-order valence-electron chi connectivity index (χ2n) is 1.71. The van der Waals surface area contributed by atoms with Gasteiger partial charge < -0.3 is 4.74 Å². The van der Waals surface area contributed by atoms with Crippen LogP contribution < -0.4 is 0 Å². The van der Waals surface area contributed by atoms with Crippen LogP contribution in [0.2, 0.25) is 0 Å². The lowest BCUT2D eigenvalue weighted by molar-refractivity contribution is -0.140. The minimum atomic E-state index is -0.914. The summed E-state index contributed by atoms with van der Waals surface area (Å²) in [7, 11) is -0.367. The van der Waals surface area contributed by atoms with Crippen molar-refractivity contribution in [2.45, 2.75) is 12.6 Å². The summed E-state index contributed by atoms with van der Waals surface area (Å²) < 4.78 is 14.9. The zero-order chi connectivity index (χ0) is 9.40. The van der Waals surface area contributed by atoms with Crippen molar-refractivity contribution in [1.82, 2.24) is 0 Å². The number of hydrogen-bond acceptors (Lipinski definition) is 3. The average molecular weight is 182 g/mol. The Kier molecular flexibility index (Phi) is 5.70. The summed E-state index contributed by atoms with van der Waals surface area (Å²) in [4.78, 5) is 10.9. The molecule has 0 N–H and O–H groups in total. The summed E-state index contributed by atoms with van der Waals surface area (Å²) in [6, 6.07) is 0. The lowest BCUT2D eigenvalue weighted by Gasteiger charge is -1.99. The Balaban J connectivity index is 4.11. The Morgan fingerprint density at radius 1 is 1.75 bits per heavy atom. The highest BCUT2D eigenvalue weighted by atomic mass is 31.1. The van der Waals surface area contributed by atoms with E-state index in [0.717, 1.165) is 0 Å². The van der Waals surface area contributed by atoms with Crippen molar-refractivity contribution >= 4 is 14.4 Å². The molecule has 62 valence electrons. The fourth-order valence-corrected chi connectivity index (χ4v) is 0.799. The van der Waals surface area contributed by atoms with Gasteiger partial charge in [0.15, 0.2) is 20.7 Å². The van der Waals surface area contributed by atoms with Crippen molar-refractivity contribution in [3.63, 3.8) is 0 Å². The van der Waals surface area contributed by atoms with Crippen molar-refractivity contribution in [1.29, 1.82) is 0 Å². The Bertz CT molecular complexity index is 266. The van der Waals surface area contributed by atoms with E-state index in [9.17, 15) is 9.36 Å². The number of carbonyl (C=O) groups excluding carboxylic acids is 1. The van der Waals surface area contributed by atoms with Crippen LogP contribution in [-0.2, 0) is 14.1 Å². The smallest absolute Gasteiger partial charge is 0.334 e. The van der Waals surface area contributed by atoms with Crippen LogP contribution in [0, 0.1) is 24.2 Å². The topological polar surface area (TPSA) is 43.4 Å². The minimum absolute atomic E-state index is 0.115. The summed E-state index contributed by atoms with van der Waals surface area (Å²) in [6.07, 6.45) is 4.85. The first-order chi connectivity index (χ1) is 5.76. The van der Waals surface area contributed by atoms with Gasteiger partial charge in [-0.3, -0.25) is 4.57 Å². The first-order valence-corrected chi connectivity index (χ1v) is 3.99. The molecule has 1 atom stereocenters. The first-order valence-electron chi connectivity index (χ1n) is 3.11. The first kappa shape index (κ1) is 10.7. The average Bonchev–Trinajstić information content (AvgIpc) is 2.10. The fraction of sp³-hybridized carbons (Fsp3) is 0.375. The molecule has 0 aromatic carbocycles. The molecule has 0 radical (unpaired) electrons. The summed E-state index contributed by atoms with van der Waals surface area (Å²) in [6.45, 7) is 1.43. The standard InChI is InChI=1S/C8H7O3P/c1-3-5-7(12-10)8(9)11-6-4-2/h2,7H,6H2,1H3. The zero-order valence-electron chi connectivity index (χ0n) is 6.53. The van der Waals surface area contributed by atoms with Gasteiger partial charge in [-0.2, -0.15) is 0 Å².